The fourth-order valence-corrected chi connectivity index (χ4v) is 2.16. The molecule has 8 nitrogen and oxygen atoms in total. The van der Waals surface area contributed by atoms with E-state index in [9.17, 15) is 8.42 Å². The molecule has 0 saturated heterocycles. The molecule has 0 aliphatic rings. The molecule has 134 valence electrons. The Morgan fingerprint density at radius 1 is 1.04 bits per heavy atom. The fourth-order valence-electron chi connectivity index (χ4n) is 1.68. The second-order valence-electron chi connectivity index (χ2n) is 5.05. The molecule has 0 unspecified atom stereocenters. The number of aliphatic imine (C=N–C) groups is 1. The van der Waals surface area contributed by atoms with Crippen molar-refractivity contribution in [3.05, 3.63) is 65.7 Å². The van der Waals surface area contributed by atoms with Crippen LogP contribution in [0.25, 0.3) is 0 Å². The van der Waals surface area contributed by atoms with Crippen LogP contribution in [0.3, 0.4) is 0 Å². The minimum Gasteiger partial charge on any atom is -0.356 e. The summed E-state index contributed by atoms with van der Waals surface area (Å²) in [6.45, 7) is 2.44. The summed E-state index contributed by atoms with van der Waals surface area (Å²) in [6.07, 6.45) is 0. The highest BCUT2D eigenvalue weighted by molar-refractivity contribution is 7.85. The summed E-state index contributed by atoms with van der Waals surface area (Å²) in [6, 6.07) is 15.8. The van der Waals surface area contributed by atoms with Gasteiger partial charge in [-0.1, -0.05) is 48.0 Å². The number of nitrogens with zero attached hydrogens (tertiary/aromatic N) is 1. The van der Waals surface area contributed by atoms with Gasteiger partial charge in [0.15, 0.2) is 0 Å². The number of hydrogen-bond acceptors (Lipinski definition) is 2. The third kappa shape index (κ3) is 8.49. The first-order chi connectivity index (χ1) is 11.7. The molecular formula is C16H22N5O3S+. The van der Waals surface area contributed by atoms with Gasteiger partial charge in [-0.25, -0.2) is 0 Å². The topological polar surface area (TPSA) is 159 Å². The summed E-state index contributed by atoms with van der Waals surface area (Å²) in [4.78, 5) is 6.46. The number of rotatable bonds is 3. The summed E-state index contributed by atoms with van der Waals surface area (Å²) >= 11 is 0. The van der Waals surface area contributed by atoms with E-state index in [1.54, 1.807) is 12.1 Å². The first kappa shape index (κ1) is 20.1. The van der Waals surface area contributed by atoms with E-state index in [2.05, 4.69) is 9.98 Å². The van der Waals surface area contributed by atoms with E-state index in [0.717, 1.165) is 11.1 Å². The predicted molar refractivity (Wildman–Crippen MR) is 97.1 cm³/mol. The molecule has 2 rings (SSSR count). The molecule has 9 heteroatoms. The molecule has 25 heavy (non-hydrogen) atoms. The number of nitrogens with two attached hydrogens (primary N) is 3. The van der Waals surface area contributed by atoms with Crippen LogP contribution >= 0.6 is 0 Å². The van der Waals surface area contributed by atoms with E-state index in [0.29, 0.717) is 6.54 Å². The van der Waals surface area contributed by atoms with E-state index >= 15 is 0 Å². The zero-order chi connectivity index (χ0) is 18.9. The van der Waals surface area contributed by atoms with Crippen molar-refractivity contribution in [2.24, 2.45) is 22.2 Å². The minimum atomic E-state index is -4.02. The minimum absolute atomic E-state index is 0.0527. The van der Waals surface area contributed by atoms with Crippen LogP contribution in [0.15, 0.2) is 64.5 Å². The van der Waals surface area contributed by atoms with E-state index in [1.165, 1.54) is 12.1 Å². The lowest BCUT2D eigenvalue weighted by Gasteiger charge is -1.95. The average Bonchev–Trinajstić information content (AvgIpc) is 2.53. The lowest BCUT2D eigenvalue weighted by Crippen LogP contribution is -2.73. The van der Waals surface area contributed by atoms with Gasteiger partial charge in [0, 0.05) is 0 Å². The second-order valence-corrected chi connectivity index (χ2v) is 6.47. The number of benzene rings is 2. The lowest BCUT2D eigenvalue weighted by atomic mass is 10.2. The maximum absolute atomic E-state index is 10.5. The molecule has 0 aliphatic carbocycles. The largest absolute Gasteiger partial charge is 0.386 e. The predicted octanol–water partition coefficient (Wildman–Crippen LogP) is -0.903. The van der Waals surface area contributed by atoms with Gasteiger partial charge < -0.3 is 11.5 Å². The zero-order valence-corrected chi connectivity index (χ0v) is 14.6. The summed E-state index contributed by atoms with van der Waals surface area (Å²) in [5, 5.41) is 0. The maximum atomic E-state index is 10.5. The Kier molecular flexibility index (Phi) is 7.57. The molecule has 0 amide bonds. The van der Waals surface area contributed by atoms with Crippen LogP contribution in [-0.2, 0) is 16.7 Å². The average molecular weight is 364 g/mol. The van der Waals surface area contributed by atoms with Crippen LogP contribution in [0.2, 0.25) is 0 Å². The van der Waals surface area contributed by atoms with Crippen LogP contribution in [-0.4, -0.2) is 24.9 Å². The van der Waals surface area contributed by atoms with Crippen LogP contribution < -0.4 is 22.2 Å². The van der Waals surface area contributed by atoms with E-state index < -0.39 is 10.1 Å². The van der Waals surface area contributed by atoms with E-state index in [4.69, 9.17) is 21.8 Å². The van der Waals surface area contributed by atoms with Gasteiger partial charge in [-0.05, 0) is 29.6 Å². The molecule has 0 aliphatic heterocycles. The third-order valence-electron chi connectivity index (χ3n) is 2.88. The van der Waals surface area contributed by atoms with Crippen molar-refractivity contribution in [2.75, 3.05) is 0 Å². The number of guanidine groups is 2. The number of hydrogen-bond donors (Lipinski definition) is 5. The van der Waals surface area contributed by atoms with Gasteiger partial charge in [0.2, 0.25) is 0 Å². The molecule has 2 aromatic rings. The highest BCUT2D eigenvalue weighted by Gasteiger charge is 2.06. The van der Waals surface area contributed by atoms with Crippen molar-refractivity contribution in [3.8, 4) is 0 Å². The Labute approximate surface area is 146 Å². The quantitative estimate of drug-likeness (QED) is 0.269. The molecule has 8 N–H and O–H groups in total. The smallest absolute Gasteiger partial charge is 0.356 e. The summed E-state index contributed by atoms with van der Waals surface area (Å²) in [7, 11) is -4.02. The monoisotopic (exact) mass is 364 g/mol. The Bertz CT molecular complexity index is 828. The van der Waals surface area contributed by atoms with Crippen molar-refractivity contribution in [3.63, 3.8) is 0 Å². The van der Waals surface area contributed by atoms with Crippen LogP contribution in [0.1, 0.15) is 11.1 Å². The first-order valence-corrected chi connectivity index (χ1v) is 8.66. The molecule has 0 heterocycles. The highest BCUT2D eigenvalue weighted by atomic mass is 32.2. The highest BCUT2D eigenvalue weighted by Crippen LogP contribution is 2.08. The Hall–Kier alpha value is -2.91. The molecule has 0 spiro atoms. The third-order valence-corrected chi connectivity index (χ3v) is 3.75. The Morgan fingerprint density at radius 3 is 2.08 bits per heavy atom. The number of nitrogens with one attached hydrogen (secondary N) is 1. The van der Waals surface area contributed by atoms with Gasteiger partial charge in [0.05, 0.1) is 11.4 Å². The molecule has 0 saturated carbocycles. The zero-order valence-electron chi connectivity index (χ0n) is 13.8. The van der Waals surface area contributed by atoms with Gasteiger partial charge in [0.25, 0.3) is 16.1 Å². The molecule has 0 fully saturated rings. The summed E-state index contributed by atoms with van der Waals surface area (Å²) in [5.41, 5.74) is 17.8. The van der Waals surface area contributed by atoms with Crippen molar-refractivity contribution < 1.29 is 18.0 Å². The summed E-state index contributed by atoms with van der Waals surface area (Å²) < 4.78 is 29.6. The van der Waals surface area contributed by atoms with Gasteiger partial charge in [-0.3, -0.25) is 15.3 Å². The fraction of sp³-hybridized carbons (Fsp3) is 0.125. The standard InChI is InChI=1S/C9H13N5.C7H8O3S/c10-8(11)14-9(12)13-6-7-4-2-1-3-5-7;1-6-2-4-7(5-3-6)11(8,9)10/h1-5H,6H2,(H6,10,11,12,13,14);2-5H,1H3,(H,8,9,10)/p+1. The van der Waals surface area contributed by atoms with Crippen molar-refractivity contribution in [1.29, 1.82) is 0 Å². The Morgan fingerprint density at radius 2 is 1.60 bits per heavy atom. The van der Waals surface area contributed by atoms with Crippen LogP contribution in [0, 0.1) is 6.92 Å². The molecular weight excluding hydrogens is 342 g/mol. The van der Waals surface area contributed by atoms with E-state index in [-0.39, 0.29) is 16.8 Å². The van der Waals surface area contributed by atoms with Crippen LogP contribution in [0.5, 0.6) is 0 Å². The van der Waals surface area contributed by atoms with Crippen molar-refractivity contribution in [1.82, 2.24) is 0 Å². The first-order valence-electron chi connectivity index (χ1n) is 7.22. The molecule has 0 atom stereocenters. The molecule has 2 aromatic carbocycles. The molecule has 0 aromatic heterocycles. The molecule has 0 radical (unpaired) electrons. The molecule has 0 bridgehead atoms. The van der Waals surface area contributed by atoms with Crippen molar-refractivity contribution >= 4 is 22.0 Å². The number of aryl methyl sites for hydroxylation is 1. The maximum Gasteiger partial charge on any atom is 0.386 e. The van der Waals surface area contributed by atoms with E-state index in [1.807, 2.05) is 37.3 Å². The van der Waals surface area contributed by atoms with Gasteiger partial charge in [0.1, 0.15) is 0 Å². The van der Waals surface area contributed by atoms with Crippen molar-refractivity contribution in [2.45, 2.75) is 18.4 Å². The second kappa shape index (κ2) is 9.40. The lowest BCUT2D eigenvalue weighted by molar-refractivity contribution is -0.477. The Balaban J connectivity index is 0.000000257. The van der Waals surface area contributed by atoms with Gasteiger partial charge >= 0.3 is 5.96 Å². The van der Waals surface area contributed by atoms with Gasteiger partial charge in [-0.2, -0.15) is 8.42 Å². The van der Waals surface area contributed by atoms with Gasteiger partial charge in [-0.15, -0.1) is 0 Å². The summed E-state index contributed by atoms with van der Waals surface area (Å²) in [5.74, 6) is 0.164. The normalized spacial score (nSPS) is 11.2. The van der Waals surface area contributed by atoms with Crippen LogP contribution in [0.4, 0.5) is 0 Å². The SMILES string of the molecule is Cc1ccc(S(=O)(=O)O)cc1.NC(N)=NC(N)=[NH+]Cc1ccccc1.